The van der Waals surface area contributed by atoms with Crippen LogP contribution < -0.4 is 9.47 Å². The van der Waals surface area contributed by atoms with Crippen LogP contribution in [0.25, 0.3) is 0 Å². The van der Waals surface area contributed by atoms with Gasteiger partial charge in [0, 0.05) is 5.33 Å². The standard InChI is InChI=1S/C16H25BrO2/c1-3-5-6-7-8-11-19-15-10-9-14(13-17)12-16(15)18-4-2/h9-10,12H,3-8,11,13H2,1-2H3. The van der Waals surface area contributed by atoms with Crippen molar-refractivity contribution in [3.63, 3.8) is 0 Å². The van der Waals surface area contributed by atoms with Gasteiger partial charge in [-0.3, -0.25) is 0 Å². The Hall–Kier alpha value is -0.700. The van der Waals surface area contributed by atoms with Crippen LogP contribution in [0.1, 0.15) is 51.5 Å². The third kappa shape index (κ3) is 6.33. The number of hydrogen-bond donors (Lipinski definition) is 0. The van der Waals surface area contributed by atoms with Crippen LogP contribution in [-0.4, -0.2) is 13.2 Å². The Morgan fingerprint density at radius 3 is 2.42 bits per heavy atom. The number of benzene rings is 1. The second-order valence-electron chi connectivity index (χ2n) is 4.61. The lowest BCUT2D eigenvalue weighted by Gasteiger charge is -2.12. The van der Waals surface area contributed by atoms with Crippen molar-refractivity contribution >= 4 is 15.9 Å². The molecule has 0 spiro atoms. The Balaban J connectivity index is 2.43. The van der Waals surface area contributed by atoms with E-state index in [-0.39, 0.29) is 0 Å². The van der Waals surface area contributed by atoms with Crippen LogP contribution in [0, 0.1) is 0 Å². The third-order valence-corrected chi connectivity index (χ3v) is 3.62. The van der Waals surface area contributed by atoms with Gasteiger partial charge in [-0.05, 0) is 31.0 Å². The minimum absolute atomic E-state index is 0.665. The predicted octanol–water partition coefficient (Wildman–Crippen LogP) is 5.33. The summed E-state index contributed by atoms with van der Waals surface area (Å²) < 4.78 is 11.5. The molecule has 0 aliphatic heterocycles. The van der Waals surface area contributed by atoms with Crippen LogP contribution in [0.5, 0.6) is 11.5 Å². The molecule has 0 aliphatic carbocycles. The molecule has 1 rings (SSSR count). The zero-order chi connectivity index (χ0) is 13.9. The van der Waals surface area contributed by atoms with Gasteiger partial charge in [-0.15, -0.1) is 0 Å². The first-order valence-electron chi connectivity index (χ1n) is 7.26. The smallest absolute Gasteiger partial charge is 0.161 e. The summed E-state index contributed by atoms with van der Waals surface area (Å²) in [6.07, 6.45) is 6.28. The van der Waals surface area contributed by atoms with Gasteiger partial charge >= 0.3 is 0 Å². The fourth-order valence-corrected chi connectivity index (χ4v) is 2.26. The molecule has 0 radical (unpaired) electrons. The maximum atomic E-state index is 5.83. The van der Waals surface area contributed by atoms with Crippen LogP contribution in [0.2, 0.25) is 0 Å². The number of alkyl halides is 1. The molecule has 0 aliphatic rings. The summed E-state index contributed by atoms with van der Waals surface area (Å²) in [5.41, 5.74) is 1.21. The Kier molecular flexibility index (Phi) is 8.72. The second-order valence-corrected chi connectivity index (χ2v) is 5.17. The van der Waals surface area contributed by atoms with Gasteiger partial charge < -0.3 is 9.47 Å². The molecular formula is C16H25BrO2. The fraction of sp³-hybridized carbons (Fsp3) is 0.625. The van der Waals surface area contributed by atoms with E-state index in [9.17, 15) is 0 Å². The average Bonchev–Trinajstić information content (AvgIpc) is 2.44. The van der Waals surface area contributed by atoms with Crippen LogP contribution in [0.4, 0.5) is 0 Å². The topological polar surface area (TPSA) is 18.5 Å². The maximum Gasteiger partial charge on any atom is 0.161 e. The minimum Gasteiger partial charge on any atom is -0.490 e. The molecule has 0 saturated carbocycles. The normalized spacial score (nSPS) is 10.5. The van der Waals surface area contributed by atoms with Crippen molar-refractivity contribution in [2.45, 2.75) is 51.3 Å². The van der Waals surface area contributed by atoms with Crippen LogP contribution in [-0.2, 0) is 5.33 Å². The lowest BCUT2D eigenvalue weighted by molar-refractivity contribution is 0.270. The summed E-state index contributed by atoms with van der Waals surface area (Å²) in [6.45, 7) is 5.67. The Bertz CT molecular complexity index is 353. The molecule has 0 saturated heterocycles. The summed E-state index contributed by atoms with van der Waals surface area (Å²) in [5, 5.41) is 0.838. The van der Waals surface area contributed by atoms with Crippen LogP contribution in [0.15, 0.2) is 18.2 Å². The predicted molar refractivity (Wildman–Crippen MR) is 84.5 cm³/mol. The van der Waals surface area contributed by atoms with E-state index < -0.39 is 0 Å². The van der Waals surface area contributed by atoms with Crippen LogP contribution >= 0.6 is 15.9 Å². The van der Waals surface area contributed by atoms with E-state index in [4.69, 9.17) is 9.47 Å². The highest BCUT2D eigenvalue weighted by Crippen LogP contribution is 2.29. The summed E-state index contributed by atoms with van der Waals surface area (Å²) in [6, 6.07) is 6.13. The van der Waals surface area contributed by atoms with Crippen molar-refractivity contribution in [3.05, 3.63) is 23.8 Å². The van der Waals surface area contributed by atoms with Crippen molar-refractivity contribution < 1.29 is 9.47 Å². The van der Waals surface area contributed by atoms with E-state index in [2.05, 4.69) is 28.9 Å². The molecule has 0 amide bonds. The minimum atomic E-state index is 0.665. The highest BCUT2D eigenvalue weighted by molar-refractivity contribution is 9.08. The zero-order valence-corrected chi connectivity index (χ0v) is 13.7. The summed E-state index contributed by atoms with van der Waals surface area (Å²) in [4.78, 5) is 0. The molecule has 0 unspecified atom stereocenters. The first-order chi connectivity index (χ1) is 9.31. The fourth-order valence-electron chi connectivity index (χ4n) is 1.91. The molecule has 3 heteroatoms. The van der Waals surface area contributed by atoms with E-state index >= 15 is 0 Å². The van der Waals surface area contributed by atoms with Crippen molar-refractivity contribution in [1.82, 2.24) is 0 Å². The number of halogens is 1. The molecule has 0 heterocycles. The maximum absolute atomic E-state index is 5.83. The molecule has 0 aromatic heterocycles. The van der Waals surface area contributed by atoms with E-state index in [1.807, 2.05) is 19.1 Å². The van der Waals surface area contributed by atoms with Crippen molar-refractivity contribution in [1.29, 1.82) is 0 Å². The van der Waals surface area contributed by atoms with Gasteiger partial charge in [0.05, 0.1) is 13.2 Å². The molecule has 1 aromatic rings. The molecule has 108 valence electrons. The molecule has 1 aromatic carbocycles. The van der Waals surface area contributed by atoms with E-state index in [1.54, 1.807) is 0 Å². The lowest BCUT2D eigenvalue weighted by atomic mass is 10.2. The number of ether oxygens (including phenoxy) is 2. The van der Waals surface area contributed by atoms with Gasteiger partial charge in [-0.2, -0.15) is 0 Å². The van der Waals surface area contributed by atoms with Crippen molar-refractivity contribution in [3.8, 4) is 11.5 Å². The van der Waals surface area contributed by atoms with E-state index in [0.29, 0.717) is 6.61 Å². The van der Waals surface area contributed by atoms with Gasteiger partial charge in [-0.25, -0.2) is 0 Å². The molecule has 0 atom stereocenters. The molecular weight excluding hydrogens is 304 g/mol. The van der Waals surface area contributed by atoms with Crippen molar-refractivity contribution in [2.75, 3.05) is 13.2 Å². The SMILES string of the molecule is CCCCCCCOc1ccc(CBr)cc1OCC. The van der Waals surface area contributed by atoms with Crippen LogP contribution in [0.3, 0.4) is 0 Å². The summed E-state index contributed by atoms with van der Waals surface area (Å²) >= 11 is 3.46. The first kappa shape index (κ1) is 16.4. The molecule has 19 heavy (non-hydrogen) atoms. The largest absolute Gasteiger partial charge is 0.490 e. The van der Waals surface area contributed by atoms with Gasteiger partial charge in [0.15, 0.2) is 11.5 Å². The lowest BCUT2D eigenvalue weighted by Crippen LogP contribution is -2.01. The Morgan fingerprint density at radius 1 is 0.947 bits per heavy atom. The summed E-state index contributed by atoms with van der Waals surface area (Å²) in [7, 11) is 0. The number of rotatable bonds is 10. The number of unbranched alkanes of at least 4 members (excludes halogenated alkanes) is 4. The number of hydrogen-bond acceptors (Lipinski definition) is 2. The van der Waals surface area contributed by atoms with Crippen molar-refractivity contribution in [2.24, 2.45) is 0 Å². The molecule has 0 fully saturated rings. The monoisotopic (exact) mass is 328 g/mol. The second kappa shape index (κ2) is 10.1. The van der Waals surface area contributed by atoms with E-state index in [0.717, 1.165) is 29.9 Å². The Labute approximate surface area is 125 Å². The highest BCUT2D eigenvalue weighted by atomic mass is 79.9. The highest BCUT2D eigenvalue weighted by Gasteiger charge is 2.06. The van der Waals surface area contributed by atoms with Gasteiger partial charge in [-0.1, -0.05) is 54.6 Å². The van der Waals surface area contributed by atoms with Gasteiger partial charge in [0.2, 0.25) is 0 Å². The van der Waals surface area contributed by atoms with Gasteiger partial charge in [0.25, 0.3) is 0 Å². The van der Waals surface area contributed by atoms with E-state index in [1.165, 1.54) is 31.2 Å². The molecule has 0 N–H and O–H groups in total. The third-order valence-electron chi connectivity index (χ3n) is 2.97. The first-order valence-corrected chi connectivity index (χ1v) is 8.38. The van der Waals surface area contributed by atoms with Gasteiger partial charge in [0.1, 0.15) is 0 Å². The Morgan fingerprint density at radius 2 is 1.74 bits per heavy atom. The zero-order valence-electron chi connectivity index (χ0n) is 12.1. The molecule has 0 bridgehead atoms. The summed E-state index contributed by atoms with van der Waals surface area (Å²) in [5.74, 6) is 1.72. The quantitative estimate of drug-likeness (QED) is 0.427. The average molecular weight is 329 g/mol. The molecule has 2 nitrogen and oxygen atoms in total.